The second kappa shape index (κ2) is 5.07. The van der Waals surface area contributed by atoms with Gasteiger partial charge in [0.1, 0.15) is 11.8 Å². The molecule has 1 unspecified atom stereocenters. The molecule has 1 heterocycles. The molecule has 1 saturated heterocycles. The van der Waals surface area contributed by atoms with E-state index >= 15 is 0 Å². The van der Waals surface area contributed by atoms with Crippen molar-refractivity contribution in [2.45, 2.75) is 18.6 Å². The van der Waals surface area contributed by atoms with Gasteiger partial charge < -0.3 is 20.2 Å². The van der Waals surface area contributed by atoms with Crippen LogP contribution in [0.3, 0.4) is 0 Å². The molecule has 3 N–H and O–H groups in total. The normalized spacial score (nSPS) is 22.5. The number of halogens is 1. The molecular weight excluding hydrogens is 274 g/mol. The third-order valence-corrected chi connectivity index (χ3v) is 3.33. The first-order valence-electron chi connectivity index (χ1n) is 5.60. The van der Waals surface area contributed by atoms with Crippen molar-refractivity contribution in [1.82, 2.24) is 4.90 Å². The zero-order valence-corrected chi connectivity index (χ0v) is 10.5. The summed E-state index contributed by atoms with van der Waals surface area (Å²) in [5.74, 6) is -1.94. The van der Waals surface area contributed by atoms with Gasteiger partial charge in [0.25, 0.3) is 5.91 Å². The fourth-order valence-corrected chi connectivity index (χ4v) is 2.30. The van der Waals surface area contributed by atoms with Gasteiger partial charge in [0.05, 0.1) is 16.7 Å². The Morgan fingerprint density at radius 2 is 2.05 bits per heavy atom. The smallest absolute Gasteiger partial charge is 0.326 e. The third-order valence-electron chi connectivity index (χ3n) is 3.01. The number of carboxylic acid groups (broad SMARTS) is 1. The Bertz CT molecular complexity index is 533. The molecule has 1 aromatic carbocycles. The predicted molar refractivity (Wildman–Crippen MR) is 66.2 cm³/mol. The van der Waals surface area contributed by atoms with Crippen LogP contribution < -0.4 is 0 Å². The van der Waals surface area contributed by atoms with E-state index in [1.807, 2.05) is 0 Å². The monoisotopic (exact) mass is 285 g/mol. The Balaban J connectivity index is 2.33. The summed E-state index contributed by atoms with van der Waals surface area (Å²) < 4.78 is 0. The van der Waals surface area contributed by atoms with Gasteiger partial charge in [0.15, 0.2) is 0 Å². The molecule has 1 fully saturated rings. The molecule has 1 aromatic rings. The van der Waals surface area contributed by atoms with Crippen molar-refractivity contribution >= 4 is 23.5 Å². The highest BCUT2D eigenvalue weighted by Crippen LogP contribution is 2.26. The average Bonchev–Trinajstić information content (AvgIpc) is 2.74. The standard InChI is InChI=1S/C12H12ClNO5/c13-9-2-1-6(15)3-8(9)11(17)14-5-7(16)4-10(14)12(18)19/h1-3,7,10,15-16H,4-5H2,(H,18,19)/t7?,10-/m0/s1. The zero-order valence-electron chi connectivity index (χ0n) is 9.78. The SMILES string of the molecule is O=C(O)[C@@H]1CC(O)CN1C(=O)c1cc(O)ccc1Cl. The Morgan fingerprint density at radius 1 is 1.37 bits per heavy atom. The summed E-state index contributed by atoms with van der Waals surface area (Å²) in [6.07, 6.45) is -0.890. The molecule has 1 amide bonds. The number of amides is 1. The van der Waals surface area contributed by atoms with E-state index in [9.17, 15) is 19.8 Å². The summed E-state index contributed by atoms with van der Waals surface area (Å²) in [6, 6.07) is 2.77. The second-order valence-corrected chi connectivity index (χ2v) is 4.77. The minimum absolute atomic E-state index is 0.0158. The van der Waals surface area contributed by atoms with Gasteiger partial charge in [-0.05, 0) is 18.2 Å². The molecular formula is C12H12ClNO5. The topological polar surface area (TPSA) is 98.1 Å². The number of phenolic OH excluding ortho intramolecular Hbond substituents is 1. The predicted octanol–water partition coefficient (Wildman–Crippen LogP) is 0.706. The number of rotatable bonds is 2. The summed E-state index contributed by atoms with van der Waals surface area (Å²) in [6.45, 7) is -0.0677. The van der Waals surface area contributed by atoms with Crippen LogP contribution in [0.1, 0.15) is 16.8 Å². The Labute approximate surface area is 113 Å². The van der Waals surface area contributed by atoms with Gasteiger partial charge in [-0.15, -0.1) is 0 Å². The maximum absolute atomic E-state index is 12.2. The van der Waals surface area contributed by atoms with Crippen LogP contribution in [-0.4, -0.2) is 50.8 Å². The van der Waals surface area contributed by atoms with Gasteiger partial charge in [0, 0.05) is 13.0 Å². The van der Waals surface area contributed by atoms with Crippen LogP contribution >= 0.6 is 11.6 Å². The summed E-state index contributed by atoms with van der Waals surface area (Å²) in [5.41, 5.74) is 0.0158. The van der Waals surface area contributed by atoms with Gasteiger partial charge >= 0.3 is 5.97 Å². The first kappa shape index (κ1) is 13.6. The maximum Gasteiger partial charge on any atom is 0.326 e. The van der Waals surface area contributed by atoms with Crippen LogP contribution in [0, 0.1) is 0 Å². The average molecular weight is 286 g/mol. The van der Waals surface area contributed by atoms with E-state index < -0.39 is 24.0 Å². The van der Waals surface area contributed by atoms with Gasteiger partial charge in [0.2, 0.25) is 0 Å². The molecule has 1 aliphatic heterocycles. The molecule has 1 aliphatic rings. The summed E-state index contributed by atoms with van der Waals surface area (Å²) >= 11 is 5.86. The molecule has 2 rings (SSSR count). The Kier molecular flexibility index (Phi) is 3.64. The number of phenols is 1. The number of carboxylic acids is 1. The van der Waals surface area contributed by atoms with Crippen molar-refractivity contribution in [1.29, 1.82) is 0 Å². The molecule has 0 saturated carbocycles. The lowest BCUT2D eigenvalue weighted by Crippen LogP contribution is -2.40. The summed E-state index contributed by atoms with van der Waals surface area (Å²) in [4.78, 5) is 24.3. The van der Waals surface area contributed by atoms with Gasteiger partial charge in [-0.25, -0.2) is 4.79 Å². The van der Waals surface area contributed by atoms with E-state index in [1.54, 1.807) is 0 Å². The number of nitrogens with zero attached hydrogens (tertiary/aromatic N) is 1. The van der Waals surface area contributed by atoms with Crippen LogP contribution in [0.2, 0.25) is 5.02 Å². The molecule has 0 aliphatic carbocycles. The van der Waals surface area contributed by atoms with Crippen LogP contribution in [0.5, 0.6) is 5.75 Å². The quantitative estimate of drug-likeness (QED) is 0.743. The first-order chi connectivity index (χ1) is 8.90. The largest absolute Gasteiger partial charge is 0.508 e. The molecule has 19 heavy (non-hydrogen) atoms. The van der Waals surface area contributed by atoms with Crippen LogP contribution in [0.15, 0.2) is 18.2 Å². The number of aromatic hydroxyl groups is 1. The molecule has 7 heteroatoms. The number of likely N-dealkylation sites (tertiary alicyclic amines) is 1. The first-order valence-corrected chi connectivity index (χ1v) is 5.98. The lowest BCUT2D eigenvalue weighted by molar-refractivity contribution is -0.141. The second-order valence-electron chi connectivity index (χ2n) is 4.37. The van der Waals surface area contributed by atoms with E-state index in [1.165, 1.54) is 18.2 Å². The van der Waals surface area contributed by atoms with E-state index in [0.717, 1.165) is 4.90 Å². The van der Waals surface area contributed by atoms with Crippen molar-refractivity contribution in [3.05, 3.63) is 28.8 Å². The number of benzene rings is 1. The molecule has 0 aromatic heterocycles. The van der Waals surface area contributed by atoms with Crippen LogP contribution in [-0.2, 0) is 4.79 Å². The third kappa shape index (κ3) is 2.64. The highest BCUT2D eigenvalue weighted by atomic mass is 35.5. The lowest BCUT2D eigenvalue weighted by Gasteiger charge is -2.21. The molecule has 0 radical (unpaired) electrons. The van der Waals surface area contributed by atoms with Crippen LogP contribution in [0.4, 0.5) is 0 Å². The fourth-order valence-electron chi connectivity index (χ4n) is 2.10. The van der Waals surface area contributed by atoms with Crippen molar-refractivity contribution in [3.8, 4) is 5.75 Å². The van der Waals surface area contributed by atoms with Crippen molar-refractivity contribution < 1.29 is 24.9 Å². The number of aliphatic hydroxyl groups is 1. The van der Waals surface area contributed by atoms with Crippen molar-refractivity contribution in [2.24, 2.45) is 0 Å². The van der Waals surface area contributed by atoms with Crippen molar-refractivity contribution in [3.63, 3.8) is 0 Å². The number of carbonyl (C=O) groups is 2. The van der Waals surface area contributed by atoms with E-state index in [-0.39, 0.29) is 29.3 Å². The van der Waals surface area contributed by atoms with Crippen molar-refractivity contribution in [2.75, 3.05) is 6.54 Å². The molecule has 102 valence electrons. The van der Waals surface area contributed by atoms with E-state index in [2.05, 4.69) is 0 Å². The minimum atomic E-state index is -1.18. The van der Waals surface area contributed by atoms with Gasteiger partial charge in [-0.3, -0.25) is 4.79 Å². The number of hydrogen-bond acceptors (Lipinski definition) is 4. The van der Waals surface area contributed by atoms with E-state index in [4.69, 9.17) is 16.7 Å². The fraction of sp³-hybridized carbons (Fsp3) is 0.333. The summed E-state index contributed by atoms with van der Waals surface area (Å²) in [7, 11) is 0. The summed E-state index contributed by atoms with van der Waals surface area (Å²) in [5, 5.41) is 28.0. The van der Waals surface area contributed by atoms with E-state index in [0.29, 0.717) is 0 Å². The Hall–Kier alpha value is -1.79. The molecule has 0 spiro atoms. The molecule has 0 bridgehead atoms. The number of aliphatic carboxylic acids is 1. The number of hydrogen-bond donors (Lipinski definition) is 3. The highest BCUT2D eigenvalue weighted by molar-refractivity contribution is 6.34. The van der Waals surface area contributed by atoms with Gasteiger partial charge in [-0.2, -0.15) is 0 Å². The zero-order chi connectivity index (χ0) is 14.2. The lowest BCUT2D eigenvalue weighted by atomic mass is 10.1. The highest BCUT2D eigenvalue weighted by Gasteiger charge is 2.39. The number of β-amino-alcohol motifs (C(OH)–C–C–N with tert-alkyl or cyclic N) is 1. The van der Waals surface area contributed by atoms with Crippen LogP contribution in [0.25, 0.3) is 0 Å². The number of aliphatic hydroxyl groups excluding tert-OH is 1. The van der Waals surface area contributed by atoms with Gasteiger partial charge in [-0.1, -0.05) is 11.6 Å². The minimum Gasteiger partial charge on any atom is -0.508 e. The number of carbonyl (C=O) groups excluding carboxylic acids is 1. The maximum atomic E-state index is 12.2. The molecule has 2 atom stereocenters. The Morgan fingerprint density at radius 3 is 2.68 bits per heavy atom. The molecule has 6 nitrogen and oxygen atoms in total.